The Bertz CT molecular complexity index is 724. The number of Topliss-reactive ketones (excluding diaryl/α,β-unsaturated/α-hetero) is 1. The fourth-order valence-corrected chi connectivity index (χ4v) is 3.13. The van der Waals surface area contributed by atoms with E-state index in [-0.39, 0.29) is 11.5 Å². The van der Waals surface area contributed by atoms with Crippen LogP contribution in [0.25, 0.3) is 0 Å². The summed E-state index contributed by atoms with van der Waals surface area (Å²) < 4.78 is 10.1. The summed E-state index contributed by atoms with van der Waals surface area (Å²) in [6, 6.07) is 0. The number of aromatic amines is 1. The Balaban J connectivity index is 2.07. The number of carbonyl (C=O) groups is 2. The highest BCUT2D eigenvalue weighted by Crippen LogP contribution is 2.23. The Morgan fingerprint density at radius 2 is 2.04 bits per heavy atom. The second-order valence-corrected chi connectivity index (χ2v) is 6.52. The smallest absolute Gasteiger partial charge is 0.339 e. The van der Waals surface area contributed by atoms with Crippen molar-refractivity contribution in [2.45, 2.75) is 24.8 Å². The van der Waals surface area contributed by atoms with E-state index in [1.807, 2.05) is 6.26 Å². The maximum absolute atomic E-state index is 12.3. The number of carbonyl (C=O) groups excluding carboxylic acids is 2. The van der Waals surface area contributed by atoms with Crippen molar-refractivity contribution in [3.8, 4) is 0 Å². The van der Waals surface area contributed by atoms with E-state index < -0.39 is 5.97 Å². The van der Waals surface area contributed by atoms with Gasteiger partial charge in [-0.2, -0.15) is 11.8 Å². The number of ketones is 1. The number of esters is 1. The first kappa shape index (κ1) is 17.6. The third-order valence-electron chi connectivity index (χ3n) is 3.15. The van der Waals surface area contributed by atoms with E-state index >= 15 is 0 Å². The van der Waals surface area contributed by atoms with Crippen molar-refractivity contribution in [2.75, 3.05) is 19.1 Å². The first-order valence-corrected chi connectivity index (χ1v) is 9.10. The van der Waals surface area contributed by atoms with Crippen LogP contribution in [0.1, 0.15) is 38.0 Å². The van der Waals surface area contributed by atoms with Gasteiger partial charge in [-0.05, 0) is 25.7 Å². The maximum Gasteiger partial charge on any atom is 0.339 e. The van der Waals surface area contributed by atoms with Crippen LogP contribution in [0, 0.1) is 13.8 Å². The third-order valence-corrected chi connectivity index (χ3v) is 4.50. The molecule has 2 aromatic rings. The zero-order valence-electron chi connectivity index (χ0n) is 13.3. The van der Waals surface area contributed by atoms with Crippen molar-refractivity contribution in [3.63, 3.8) is 0 Å². The first-order chi connectivity index (χ1) is 11.0. The Hall–Kier alpha value is -1.74. The van der Waals surface area contributed by atoms with E-state index in [2.05, 4.69) is 15.2 Å². The van der Waals surface area contributed by atoms with Gasteiger partial charge >= 0.3 is 5.97 Å². The number of hydrogen-bond donors (Lipinski definition) is 1. The van der Waals surface area contributed by atoms with Gasteiger partial charge in [0.1, 0.15) is 0 Å². The quantitative estimate of drug-likeness (QED) is 0.460. The third kappa shape index (κ3) is 3.97. The van der Waals surface area contributed by atoms with Crippen molar-refractivity contribution in [3.05, 3.63) is 28.4 Å². The molecule has 23 heavy (non-hydrogen) atoms. The summed E-state index contributed by atoms with van der Waals surface area (Å²) in [4.78, 5) is 27.0. The molecule has 0 saturated carbocycles. The molecule has 0 aromatic carbocycles. The standard InChI is InChI=1S/C14H17N3O4S2/c1-7-11(13(19)20-3)8(2)15-12(7)9(18)5-23-14-17-16-10(21-14)6-22-4/h15H,5-6H2,1-4H3. The number of methoxy groups -OCH3 is 1. The molecule has 0 unspecified atom stereocenters. The highest BCUT2D eigenvalue weighted by molar-refractivity contribution is 7.99. The molecule has 0 aliphatic rings. The summed E-state index contributed by atoms with van der Waals surface area (Å²) >= 11 is 2.75. The molecule has 0 saturated heterocycles. The van der Waals surface area contributed by atoms with Gasteiger partial charge in [0, 0.05) is 5.69 Å². The second-order valence-electron chi connectivity index (χ2n) is 4.72. The van der Waals surface area contributed by atoms with Crippen LogP contribution in [-0.2, 0) is 10.5 Å². The van der Waals surface area contributed by atoms with Gasteiger partial charge < -0.3 is 14.1 Å². The summed E-state index contributed by atoms with van der Waals surface area (Å²) in [5.74, 6) is 0.713. The van der Waals surface area contributed by atoms with Crippen LogP contribution in [-0.4, -0.2) is 46.1 Å². The van der Waals surface area contributed by atoms with Crippen LogP contribution in [0.15, 0.2) is 9.64 Å². The van der Waals surface area contributed by atoms with Gasteiger partial charge in [-0.1, -0.05) is 11.8 Å². The minimum absolute atomic E-state index is 0.141. The Morgan fingerprint density at radius 1 is 1.30 bits per heavy atom. The molecule has 2 rings (SSSR count). The predicted molar refractivity (Wildman–Crippen MR) is 88.2 cm³/mol. The molecule has 0 fully saturated rings. The maximum atomic E-state index is 12.3. The Labute approximate surface area is 142 Å². The molecule has 0 aliphatic carbocycles. The predicted octanol–water partition coefficient (Wildman–Crippen LogP) is 2.64. The van der Waals surface area contributed by atoms with E-state index in [9.17, 15) is 9.59 Å². The summed E-state index contributed by atoms with van der Waals surface area (Å²) in [6.07, 6.45) is 1.94. The lowest BCUT2D eigenvalue weighted by molar-refractivity contribution is 0.0599. The van der Waals surface area contributed by atoms with Gasteiger partial charge in [-0.25, -0.2) is 4.79 Å². The summed E-state index contributed by atoms with van der Waals surface area (Å²) in [7, 11) is 1.31. The average molecular weight is 355 g/mol. The van der Waals surface area contributed by atoms with Crippen LogP contribution >= 0.6 is 23.5 Å². The van der Waals surface area contributed by atoms with Crippen LogP contribution < -0.4 is 0 Å². The fourth-order valence-electron chi connectivity index (χ4n) is 2.11. The van der Waals surface area contributed by atoms with Gasteiger partial charge in [0.25, 0.3) is 5.22 Å². The van der Waals surface area contributed by atoms with E-state index in [0.29, 0.717) is 39.4 Å². The molecule has 0 bridgehead atoms. The SMILES string of the molecule is COC(=O)c1c(C)[nH]c(C(=O)CSc2nnc(CSC)o2)c1C. The molecule has 0 amide bonds. The molecule has 1 N–H and O–H groups in total. The van der Waals surface area contributed by atoms with Gasteiger partial charge in [0.05, 0.1) is 29.9 Å². The second kappa shape index (κ2) is 7.69. The van der Waals surface area contributed by atoms with Gasteiger partial charge in [0.15, 0.2) is 5.78 Å². The number of hydrogen-bond acceptors (Lipinski definition) is 8. The minimum Gasteiger partial charge on any atom is -0.465 e. The lowest BCUT2D eigenvalue weighted by Crippen LogP contribution is -2.07. The molecular formula is C14H17N3O4S2. The summed E-state index contributed by atoms with van der Waals surface area (Å²) in [6.45, 7) is 3.45. The normalized spacial score (nSPS) is 10.8. The van der Waals surface area contributed by atoms with Crippen LogP contribution in [0.3, 0.4) is 0 Å². The number of rotatable bonds is 7. The topological polar surface area (TPSA) is 98.1 Å². The Morgan fingerprint density at radius 3 is 2.70 bits per heavy atom. The highest BCUT2D eigenvalue weighted by atomic mass is 32.2. The van der Waals surface area contributed by atoms with E-state index in [4.69, 9.17) is 9.15 Å². The summed E-state index contributed by atoms with van der Waals surface area (Å²) in [5.41, 5.74) is 2.01. The van der Waals surface area contributed by atoms with E-state index in [1.165, 1.54) is 18.9 Å². The number of aryl methyl sites for hydroxylation is 1. The van der Waals surface area contributed by atoms with Crippen molar-refractivity contribution in [1.29, 1.82) is 0 Å². The van der Waals surface area contributed by atoms with Crippen LogP contribution in [0.4, 0.5) is 0 Å². The average Bonchev–Trinajstić information content (AvgIpc) is 3.09. The Kier molecular flexibility index (Phi) is 5.89. The molecule has 0 radical (unpaired) electrons. The van der Waals surface area contributed by atoms with Crippen molar-refractivity contribution >= 4 is 35.3 Å². The molecule has 124 valence electrons. The molecule has 0 aliphatic heterocycles. The number of thioether (sulfide) groups is 2. The molecular weight excluding hydrogens is 338 g/mol. The van der Waals surface area contributed by atoms with Crippen molar-refractivity contribution in [1.82, 2.24) is 15.2 Å². The van der Waals surface area contributed by atoms with Crippen molar-refractivity contribution < 1.29 is 18.7 Å². The zero-order valence-corrected chi connectivity index (χ0v) is 14.9. The molecule has 2 aromatic heterocycles. The number of aromatic nitrogens is 3. The fraction of sp³-hybridized carbons (Fsp3) is 0.429. The number of H-pyrrole nitrogens is 1. The largest absolute Gasteiger partial charge is 0.465 e. The molecule has 0 spiro atoms. The first-order valence-electron chi connectivity index (χ1n) is 6.72. The zero-order chi connectivity index (χ0) is 17.0. The van der Waals surface area contributed by atoms with Gasteiger partial charge in [-0.3, -0.25) is 4.79 Å². The number of nitrogens with zero attached hydrogens (tertiary/aromatic N) is 2. The van der Waals surface area contributed by atoms with Crippen LogP contribution in [0.5, 0.6) is 0 Å². The highest BCUT2D eigenvalue weighted by Gasteiger charge is 2.22. The molecule has 2 heterocycles. The van der Waals surface area contributed by atoms with Crippen molar-refractivity contribution in [2.24, 2.45) is 0 Å². The minimum atomic E-state index is -0.457. The van der Waals surface area contributed by atoms with Crippen LogP contribution in [0.2, 0.25) is 0 Å². The lowest BCUT2D eigenvalue weighted by Gasteiger charge is -2.00. The van der Waals surface area contributed by atoms with E-state index in [0.717, 1.165) is 0 Å². The number of ether oxygens (including phenoxy) is 1. The monoisotopic (exact) mass is 355 g/mol. The number of nitrogens with one attached hydrogen (secondary N) is 1. The van der Waals surface area contributed by atoms with Gasteiger partial charge in [0.2, 0.25) is 5.89 Å². The van der Waals surface area contributed by atoms with Gasteiger partial charge in [-0.15, -0.1) is 10.2 Å². The summed E-state index contributed by atoms with van der Waals surface area (Å²) in [5, 5.41) is 8.13. The molecule has 0 atom stereocenters. The molecule has 7 nitrogen and oxygen atoms in total. The molecule has 9 heteroatoms. The lowest BCUT2D eigenvalue weighted by atomic mass is 10.1. The van der Waals surface area contributed by atoms with E-state index in [1.54, 1.807) is 25.6 Å².